The smallest absolute Gasteiger partial charge is 0.236 e. The Kier molecular flexibility index (Phi) is 5.84. The molecule has 1 N–H and O–H groups in total. The minimum absolute atomic E-state index is 0.152. The van der Waals surface area contributed by atoms with E-state index in [2.05, 4.69) is 27.0 Å². The summed E-state index contributed by atoms with van der Waals surface area (Å²) in [5.74, 6) is 0.929. The van der Waals surface area contributed by atoms with E-state index in [1.54, 1.807) is 18.4 Å². The number of carbonyl (C=O) groups excluding carboxylic acids is 1. The molecule has 1 unspecified atom stereocenters. The number of anilines is 2. The van der Waals surface area contributed by atoms with Crippen LogP contribution < -0.4 is 10.1 Å². The number of amides is 1. The van der Waals surface area contributed by atoms with Crippen LogP contribution in [0.25, 0.3) is 0 Å². The quantitative estimate of drug-likeness (QED) is 0.582. The Balaban J connectivity index is 1.36. The summed E-state index contributed by atoms with van der Waals surface area (Å²) in [6, 6.07) is 9.77. The van der Waals surface area contributed by atoms with Gasteiger partial charge in [0, 0.05) is 29.7 Å². The van der Waals surface area contributed by atoms with E-state index in [0.717, 1.165) is 28.7 Å². The molecule has 1 amide bonds. The van der Waals surface area contributed by atoms with Gasteiger partial charge in [-0.1, -0.05) is 29.2 Å². The van der Waals surface area contributed by atoms with E-state index in [-0.39, 0.29) is 11.2 Å². The molecule has 0 saturated heterocycles. The topological polar surface area (TPSA) is 67.3 Å². The van der Waals surface area contributed by atoms with Gasteiger partial charge in [0.15, 0.2) is 4.34 Å². The number of ether oxygens (including phenoxy) is 1. The van der Waals surface area contributed by atoms with Crippen LogP contribution in [-0.4, -0.2) is 39.9 Å². The Morgan fingerprint density at radius 1 is 1.36 bits per heavy atom. The molecule has 9 heteroatoms. The van der Waals surface area contributed by atoms with Crippen LogP contribution in [0.1, 0.15) is 17.4 Å². The van der Waals surface area contributed by atoms with Gasteiger partial charge < -0.3 is 15.0 Å². The summed E-state index contributed by atoms with van der Waals surface area (Å²) in [4.78, 5) is 16.2. The molecule has 1 aliphatic heterocycles. The summed E-state index contributed by atoms with van der Waals surface area (Å²) in [5.41, 5.74) is 2.17. The molecule has 0 saturated carbocycles. The number of nitrogens with zero attached hydrogens (tertiary/aromatic N) is 3. The van der Waals surface area contributed by atoms with Gasteiger partial charge in [-0.05, 0) is 42.5 Å². The highest BCUT2D eigenvalue weighted by molar-refractivity contribution is 8.02. The van der Waals surface area contributed by atoms with Crippen LogP contribution >= 0.6 is 34.4 Å². The molecule has 0 bridgehead atoms. The van der Waals surface area contributed by atoms with Gasteiger partial charge in [-0.3, -0.25) is 4.79 Å². The fourth-order valence-corrected chi connectivity index (χ4v) is 5.92. The van der Waals surface area contributed by atoms with E-state index in [0.29, 0.717) is 11.7 Å². The second-order valence-electron chi connectivity index (χ2n) is 6.37. The first kappa shape index (κ1) is 19.2. The van der Waals surface area contributed by atoms with Gasteiger partial charge in [0.1, 0.15) is 5.75 Å². The molecular formula is C19H20N4O2S3. The second-order valence-corrected chi connectivity index (χ2v) is 9.94. The summed E-state index contributed by atoms with van der Waals surface area (Å²) in [5, 5.41) is 14.2. The summed E-state index contributed by atoms with van der Waals surface area (Å²) in [6.45, 7) is 3.43. The van der Waals surface area contributed by atoms with Gasteiger partial charge in [-0.2, -0.15) is 0 Å². The number of fused-ring (bicyclic) bond motifs is 1. The molecule has 3 heterocycles. The van der Waals surface area contributed by atoms with Crippen molar-refractivity contribution in [2.24, 2.45) is 0 Å². The third-order valence-corrected chi connectivity index (χ3v) is 7.51. The monoisotopic (exact) mass is 432 g/mol. The van der Waals surface area contributed by atoms with E-state index < -0.39 is 0 Å². The first-order valence-electron chi connectivity index (χ1n) is 8.87. The van der Waals surface area contributed by atoms with E-state index >= 15 is 0 Å². The molecule has 2 aromatic heterocycles. The highest BCUT2D eigenvalue weighted by atomic mass is 32.2. The van der Waals surface area contributed by atoms with Crippen molar-refractivity contribution in [3.63, 3.8) is 0 Å². The number of rotatable bonds is 6. The van der Waals surface area contributed by atoms with Gasteiger partial charge >= 0.3 is 0 Å². The second kappa shape index (κ2) is 8.50. The van der Waals surface area contributed by atoms with Crippen molar-refractivity contribution < 1.29 is 9.53 Å². The third-order valence-electron chi connectivity index (χ3n) is 4.47. The Hall–Kier alpha value is -2.10. The Bertz CT molecular complexity index is 972. The van der Waals surface area contributed by atoms with Crippen molar-refractivity contribution in [2.75, 3.05) is 19.0 Å². The van der Waals surface area contributed by atoms with E-state index in [9.17, 15) is 4.79 Å². The fourth-order valence-electron chi connectivity index (χ4n) is 3.03. The van der Waals surface area contributed by atoms with Gasteiger partial charge in [0.05, 0.1) is 12.4 Å². The number of hydrogen-bond acceptors (Lipinski definition) is 8. The number of benzene rings is 1. The molecule has 0 aliphatic carbocycles. The SMILES string of the molecule is COc1cccc(Nc2nnc(SC(C)C(=O)N3CCc4sccc4C3)s2)c1. The summed E-state index contributed by atoms with van der Waals surface area (Å²) in [7, 11) is 1.64. The highest BCUT2D eigenvalue weighted by Gasteiger charge is 2.26. The van der Waals surface area contributed by atoms with E-state index in [1.165, 1.54) is 33.5 Å². The molecule has 6 nitrogen and oxygen atoms in total. The number of aromatic nitrogens is 2. The molecule has 1 atom stereocenters. The predicted octanol–water partition coefficient (Wildman–Crippen LogP) is 4.42. The zero-order valence-electron chi connectivity index (χ0n) is 15.5. The van der Waals surface area contributed by atoms with Crippen LogP contribution in [0.3, 0.4) is 0 Å². The maximum absolute atomic E-state index is 12.8. The standard InChI is InChI=1S/C19H20N4O2S3/c1-12(17(24)23-8-6-16-13(11-23)7-9-26-16)27-19-22-21-18(28-19)20-14-4-3-5-15(10-14)25-2/h3-5,7,9-10,12H,6,8,11H2,1-2H3,(H,20,21). The van der Waals surface area contributed by atoms with Crippen molar-refractivity contribution in [2.45, 2.75) is 29.5 Å². The van der Waals surface area contributed by atoms with E-state index in [1.807, 2.05) is 36.1 Å². The summed E-state index contributed by atoms with van der Waals surface area (Å²) in [6.07, 6.45) is 0.948. The maximum atomic E-state index is 12.8. The maximum Gasteiger partial charge on any atom is 0.236 e. The van der Waals surface area contributed by atoms with Crippen molar-refractivity contribution in [1.82, 2.24) is 15.1 Å². The number of nitrogens with one attached hydrogen (secondary N) is 1. The molecule has 1 aromatic carbocycles. The Labute approximate surface area is 175 Å². The normalized spacial score (nSPS) is 14.4. The fraction of sp³-hybridized carbons (Fsp3) is 0.316. The van der Waals surface area contributed by atoms with Crippen LogP contribution in [0, 0.1) is 0 Å². The minimum Gasteiger partial charge on any atom is -0.497 e. The Morgan fingerprint density at radius 2 is 2.25 bits per heavy atom. The van der Waals surface area contributed by atoms with Crippen molar-refractivity contribution >= 4 is 51.2 Å². The minimum atomic E-state index is -0.196. The molecule has 0 fully saturated rings. The van der Waals surface area contributed by atoms with Gasteiger partial charge in [-0.15, -0.1) is 21.5 Å². The van der Waals surface area contributed by atoms with Crippen LogP contribution in [0.15, 0.2) is 40.1 Å². The number of thioether (sulfide) groups is 1. The largest absolute Gasteiger partial charge is 0.497 e. The highest BCUT2D eigenvalue weighted by Crippen LogP contribution is 2.32. The van der Waals surface area contributed by atoms with Crippen molar-refractivity contribution in [3.8, 4) is 5.75 Å². The van der Waals surface area contributed by atoms with Gasteiger partial charge in [0.25, 0.3) is 0 Å². The van der Waals surface area contributed by atoms with Gasteiger partial charge in [-0.25, -0.2) is 0 Å². The number of thiophene rings is 1. The molecule has 0 spiro atoms. The lowest BCUT2D eigenvalue weighted by molar-refractivity contribution is -0.131. The third kappa shape index (κ3) is 4.31. The average molecular weight is 433 g/mol. The summed E-state index contributed by atoms with van der Waals surface area (Å²) < 4.78 is 6.01. The lowest BCUT2D eigenvalue weighted by atomic mass is 10.1. The molecular weight excluding hydrogens is 412 g/mol. The van der Waals surface area contributed by atoms with Crippen LogP contribution in [0.4, 0.5) is 10.8 Å². The predicted molar refractivity (Wildman–Crippen MR) is 115 cm³/mol. The molecule has 4 rings (SSSR count). The van der Waals surface area contributed by atoms with Crippen molar-refractivity contribution in [1.29, 1.82) is 0 Å². The average Bonchev–Trinajstić information content (AvgIpc) is 3.36. The molecule has 1 aliphatic rings. The zero-order valence-corrected chi connectivity index (χ0v) is 18.0. The molecule has 146 valence electrons. The van der Waals surface area contributed by atoms with E-state index in [4.69, 9.17) is 4.74 Å². The number of methoxy groups -OCH3 is 1. The van der Waals surface area contributed by atoms with Crippen LogP contribution in [0.2, 0.25) is 0 Å². The molecule has 0 radical (unpaired) electrons. The lowest BCUT2D eigenvalue weighted by Gasteiger charge is -2.28. The lowest BCUT2D eigenvalue weighted by Crippen LogP contribution is -2.39. The first-order valence-corrected chi connectivity index (χ1v) is 11.4. The zero-order chi connectivity index (χ0) is 19.5. The summed E-state index contributed by atoms with van der Waals surface area (Å²) >= 11 is 4.68. The van der Waals surface area contributed by atoms with Crippen molar-refractivity contribution in [3.05, 3.63) is 46.2 Å². The van der Waals surface area contributed by atoms with Gasteiger partial charge in [0.2, 0.25) is 11.0 Å². The number of carbonyl (C=O) groups is 1. The molecule has 28 heavy (non-hydrogen) atoms. The van der Waals surface area contributed by atoms with Crippen LogP contribution in [0.5, 0.6) is 5.75 Å². The Morgan fingerprint density at radius 3 is 3.11 bits per heavy atom. The van der Waals surface area contributed by atoms with Crippen LogP contribution in [-0.2, 0) is 17.8 Å². The first-order chi connectivity index (χ1) is 13.6. The molecule has 3 aromatic rings. The number of hydrogen-bond donors (Lipinski definition) is 1.